The summed E-state index contributed by atoms with van der Waals surface area (Å²) >= 11 is 1.42. The van der Waals surface area contributed by atoms with Gasteiger partial charge < -0.3 is 4.74 Å². The van der Waals surface area contributed by atoms with Crippen molar-refractivity contribution in [3.8, 4) is 17.0 Å². The van der Waals surface area contributed by atoms with Gasteiger partial charge in [-0.3, -0.25) is 10.1 Å². The Labute approximate surface area is 167 Å². The number of carbonyl (C=O) groups is 1. The Kier molecular flexibility index (Phi) is 4.84. The molecule has 1 N–H and O–H groups in total. The van der Waals surface area contributed by atoms with Gasteiger partial charge in [-0.25, -0.2) is 4.98 Å². The number of ether oxygens (including phenoxy) is 1. The van der Waals surface area contributed by atoms with E-state index in [1.54, 1.807) is 7.11 Å². The third-order valence-electron chi connectivity index (χ3n) is 4.71. The maximum Gasteiger partial charge on any atom is 0.261 e. The van der Waals surface area contributed by atoms with E-state index in [9.17, 15) is 4.79 Å². The second-order valence-electron chi connectivity index (χ2n) is 6.71. The van der Waals surface area contributed by atoms with Gasteiger partial charge in [0.1, 0.15) is 5.75 Å². The van der Waals surface area contributed by atoms with E-state index < -0.39 is 0 Å². The standard InChI is InChI=1S/C23H20N2O2S/c1-14-8-9-15(2)18(10-14)20-13-28-23(24-20)25-22(26)19-11-16-6-4-5-7-17(16)12-21(19)27-3/h4-13H,1-3H3,(H,24,25,26). The SMILES string of the molecule is COc1cc2ccccc2cc1C(=O)Nc1nc(-c2cc(C)ccc2C)cs1. The number of fused-ring (bicyclic) bond motifs is 1. The van der Waals surface area contributed by atoms with Crippen molar-refractivity contribution in [1.29, 1.82) is 0 Å². The average molecular weight is 388 g/mol. The molecule has 0 radical (unpaired) electrons. The van der Waals surface area contributed by atoms with E-state index in [0.717, 1.165) is 27.6 Å². The van der Waals surface area contributed by atoms with Gasteiger partial charge in [0.15, 0.2) is 5.13 Å². The van der Waals surface area contributed by atoms with Gasteiger partial charge in [-0.2, -0.15) is 0 Å². The predicted octanol–water partition coefficient (Wildman–Crippen LogP) is 5.84. The van der Waals surface area contributed by atoms with Gasteiger partial charge >= 0.3 is 0 Å². The van der Waals surface area contributed by atoms with Crippen LogP contribution in [0.5, 0.6) is 5.75 Å². The highest BCUT2D eigenvalue weighted by Gasteiger charge is 2.16. The molecule has 0 aliphatic carbocycles. The summed E-state index contributed by atoms with van der Waals surface area (Å²) in [5.74, 6) is 0.312. The number of nitrogens with zero attached hydrogens (tertiary/aromatic N) is 1. The number of aromatic nitrogens is 1. The van der Waals surface area contributed by atoms with Gasteiger partial charge in [0.05, 0.1) is 18.4 Å². The van der Waals surface area contributed by atoms with E-state index in [4.69, 9.17) is 4.74 Å². The topological polar surface area (TPSA) is 51.2 Å². The van der Waals surface area contributed by atoms with E-state index in [2.05, 4.69) is 42.3 Å². The molecule has 0 spiro atoms. The monoisotopic (exact) mass is 388 g/mol. The van der Waals surface area contributed by atoms with Gasteiger partial charge in [0.25, 0.3) is 5.91 Å². The molecule has 4 rings (SSSR count). The molecule has 140 valence electrons. The molecule has 4 nitrogen and oxygen atoms in total. The fourth-order valence-electron chi connectivity index (χ4n) is 3.20. The van der Waals surface area contributed by atoms with Crippen molar-refractivity contribution in [2.75, 3.05) is 12.4 Å². The second-order valence-corrected chi connectivity index (χ2v) is 7.57. The minimum atomic E-state index is -0.232. The third kappa shape index (κ3) is 3.49. The van der Waals surface area contributed by atoms with Gasteiger partial charge in [0, 0.05) is 10.9 Å². The normalized spacial score (nSPS) is 10.8. The zero-order valence-corrected chi connectivity index (χ0v) is 16.8. The Morgan fingerprint density at radius 1 is 1.04 bits per heavy atom. The maximum atomic E-state index is 12.9. The van der Waals surface area contributed by atoms with Crippen LogP contribution in [0.15, 0.2) is 60.0 Å². The Hall–Kier alpha value is -3.18. The number of hydrogen-bond donors (Lipinski definition) is 1. The van der Waals surface area contributed by atoms with Crippen LogP contribution < -0.4 is 10.1 Å². The van der Waals surface area contributed by atoms with Crippen LogP contribution >= 0.6 is 11.3 Å². The van der Waals surface area contributed by atoms with Crippen LogP contribution in [0.3, 0.4) is 0 Å². The highest BCUT2D eigenvalue weighted by atomic mass is 32.1. The lowest BCUT2D eigenvalue weighted by Crippen LogP contribution is -2.13. The van der Waals surface area contributed by atoms with Crippen LogP contribution in [0.25, 0.3) is 22.0 Å². The van der Waals surface area contributed by atoms with Crippen LogP contribution in [0.2, 0.25) is 0 Å². The Morgan fingerprint density at radius 2 is 1.79 bits per heavy atom. The number of amides is 1. The average Bonchev–Trinajstić information content (AvgIpc) is 3.16. The smallest absolute Gasteiger partial charge is 0.261 e. The molecule has 3 aromatic carbocycles. The summed E-state index contributed by atoms with van der Waals surface area (Å²) in [6, 6.07) is 17.9. The summed E-state index contributed by atoms with van der Waals surface area (Å²) in [5.41, 5.74) is 4.78. The first-order valence-electron chi connectivity index (χ1n) is 8.96. The number of aryl methyl sites for hydroxylation is 2. The maximum absolute atomic E-state index is 12.9. The minimum absolute atomic E-state index is 0.232. The molecule has 4 aromatic rings. The van der Waals surface area contributed by atoms with Gasteiger partial charge in [0.2, 0.25) is 0 Å². The van der Waals surface area contributed by atoms with Crippen LogP contribution in [0, 0.1) is 13.8 Å². The lowest BCUT2D eigenvalue weighted by Gasteiger charge is -2.10. The van der Waals surface area contributed by atoms with Gasteiger partial charge in [-0.15, -0.1) is 11.3 Å². The van der Waals surface area contributed by atoms with Crippen molar-refractivity contribution < 1.29 is 9.53 Å². The predicted molar refractivity (Wildman–Crippen MR) is 115 cm³/mol. The number of hydrogen-bond acceptors (Lipinski definition) is 4. The number of benzene rings is 3. The molecule has 0 atom stereocenters. The molecule has 28 heavy (non-hydrogen) atoms. The van der Waals surface area contributed by atoms with Crippen LogP contribution in [0.1, 0.15) is 21.5 Å². The summed E-state index contributed by atoms with van der Waals surface area (Å²) < 4.78 is 5.44. The molecule has 1 heterocycles. The highest BCUT2D eigenvalue weighted by Crippen LogP contribution is 2.30. The zero-order valence-electron chi connectivity index (χ0n) is 15.9. The Bertz CT molecular complexity index is 1180. The first-order chi connectivity index (χ1) is 13.5. The molecule has 0 aliphatic rings. The summed E-state index contributed by atoms with van der Waals surface area (Å²) in [5, 5.41) is 7.46. The van der Waals surface area contributed by atoms with Crippen LogP contribution in [-0.4, -0.2) is 18.0 Å². The first-order valence-corrected chi connectivity index (χ1v) is 9.84. The van der Waals surface area contributed by atoms with Gasteiger partial charge in [-0.05, 0) is 48.4 Å². The van der Waals surface area contributed by atoms with Crippen LogP contribution in [0.4, 0.5) is 5.13 Å². The number of anilines is 1. The third-order valence-corrected chi connectivity index (χ3v) is 5.46. The lowest BCUT2D eigenvalue weighted by atomic mass is 10.0. The zero-order chi connectivity index (χ0) is 19.7. The molecule has 0 saturated heterocycles. The molecule has 0 bridgehead atoms. The quantitative estimate of drug-likeness (QED) is 0.478. The van der Waals surface area contributed by atoms with E-state index in [1.165, 1.54) is 16.9 Å². The van der Waals surface area contributed by atoms with E-state index in [-0.39, 0.29) is 5.91 Å². The van der Waals surface area contributed by atoms with Crippen molar-refractivity contribution >= 4 is 33.1 Å². The van der Waals surface area contributed by atoms with Crippen molar-refractivity contribution in [1.82, 2.24) is 4.98 Å². The number of nitrogens with one attached hydrogen (secondary N) is 1. The molecule has 1 amide bonds. The van der Waals surface area contributed by atoms with Gasteiger partial charge in [-0.1, -0.05) is 42.0 Å². The molecular formula is C23H20N2O2S. The Balaban J connectivity index is 1.63. The molecule has 0 unspecified atom stereocenters. The largest absolute Gasteiger partial charge is 0.496 e. The Morgan fingerprint density at radius 3 is 2.54 bits per heavy atom. The fourth-order valence-corrected chi connectivity index (χ4v) is 3.90. The molecule has 1 aromatic heterocycles. The number of carbonyl (C=O) groups excluding carboxylic acids is 1. The van der Waals surface area contributed by atoms with E-state index in [1.807, 2.05) is 41.8 Å². The van der Waals surface area contributed by atoms with E-state index >= 15 is 0 Å². The minimum Gasteiger partial charge on any atom is -0.496 e. The highest BCUT2D eigenvalue weighted by molar-refractivity contribution is 7.14. The molecular weight excluding hydrogens is 368 g/mol. The number of rotatable bonds is 4. The van der Waals surface area contributed by atoms with Crippen molar-refractivity contribution in [3.05, 3.63) is 76.7 Å². The number of methoxy groups -OCH3 is 1. The van der Waals surface area contributed by atoms with Crippen molar-refractivity contribution in [3.63, 3.8) is 0 Å². The first kappa shape index (κ1) is 18.2. The summed E-state index contributed by atoms with van der Waals surface area (Å²) in [6.07, 6.45) is 0. The van der Waals surface area contributed by atoms with Crippen molar-refractivity contribution in [2.45, 2.75) is 13.8 Å². The molecule has 0 fully saturated rings. The summed E-state index contributed by atoms with van der Waals surface area (Å²) in [6.45, 7) is 4.12. The second kappa shape index (κ2) is 7.44. The molecule has 0 aliphatic heterocycles. The van der Waals surface area contributed by atoms with Crippen molar-refractivity contribution in [2.24, 2.45) is 0 Å². The van der Waals surface area contributed by atoms with E-state index in [0.29, 0.717) is 16.4 Å². The fraction of sp³-hybridized carbons (Fsp3) is 0.130. The summed E-state index contributed by atoms with van der Waals surface area (Å²) in [7, 11) is 1.57. The molecule has 5 heteroatoms. The summed E-state index contributed by atoms with van der Waals surface area (Å²) in [4.78, 5) is 17.5. The number of thiazole rings is 1. The lowest BCUT2D eigenvalue weighted by molar-refractivity contribution is 0.102. The molecule has 0 saturated carbocycles. The van der Waals surface area contributed by atoms with Crippen LogP contribution in [-0.2, 0) is 0 Å².